The molecule has 2 aromatic carbocycles. The van der Waals surface area contributed by atoms with Crippen LogP contribution in [0.2, 0.25) is 10.0 Å². The molecule has 0 aliphatic carbocycles. The van der Waals surface area contributed by atoms with Crippen molar-refractivity contribution in [2.45, 2.75) is 4.90 Å². The van der Waals surface area contributed by atoms with Gasteiger partial charge in [0.05, 0.1) is 10.0 Å². The molecule has 0 aliphatic rings. The van der Waals surface area contributed by atoms with Crippen molar-refractivity contribution >= 4 is 39.2 Å². The Balaban J connectivity index is 1.90. The van der Waals surface area contributed by atoms with Gasteiger partial charge in [-0.2, -0.15) is 0 Å². The van der Waals surface area contributed by atoms with Crippen LogP contribution in [0.4, 0.5) is 6.01 Å². The molecule has 23 heavy (non-hydrogen) atoms. The third-order valence-corrected chi connectivity index (χ3v) is 5.17. The van der Waals surface area contributed by atoms with Crippen molar-refractivity contribution in [3.8, 4) is 11.5 Å². The highest BCUT2D eigenvalue weighted by molar-refractivity contribution is 7.92. The Morgan fingerprint density at radius 3 is 2.43 bits per heavy atom. The van der Waals surface area contributed by atoms with Crippen molar-refractivity contribution < 1.29 is 12.8 Å². The molecule has 1 heterocycles. The minimum absolute atomic E-state index is 0.0792. The fraction of sp³-hybridized carbons (Fsp3) is 0. The van der Waals surface area contributed by atoms with Crippen LogP contribution in [0.3, 0.4) is 0 Å². The van der Waals surface area contributed by atoms with Crippen molar-refractivity contribution in [1.82, 2.24) is 10.2 Å². The summed E-state index contributed by atoms with van der Waals surface area (Å²) in [5, 5.41) is 7.52. The van der Waals surface area contributed by atoms with E-state index in [1.165, 1.54) is 18.2 Å². The van der Waals surface area contributed by atoms with E-state index < -0.39 is 10.0 Å². The average Bonchev–Trinajstić information content (AvgIpc) is 2.98. The minimum atomic E-state index is -4.00. The van der Waals surface area contributed by atoms with Crippen LogP contribution < -0.4 is 4.72 Å². The zero-order valence-corrected chi connectivity index (χ0v) is 13.7. The van der Waals surface area contributed by atoms with Crippen molar-refractivity contribution in [3.63, 3.8) is 0 Å². The van der Waals surface area contributed by atoms with Crippen LogP contribution in [-0.4, -0.2) is 18.6 Å². The Morgan fingerprint density at radius 1 is 0.957 bits per heavy atom. The zero-order chi connectivity index (χ0) is 16.4. The average molecular weight is 370 g/mol. The lowest BCUT2D eigenvalue weighted by molar-refractivity contribution is 0.577. The molecule has 118 valence electrons. The third-order valence-electron chi connectivity index (χ3n) is 2.87. The highest BCUT2D eigenvalue weighted by atomic mass is 35.5. The third kappa shape index (κ3) is 3.31. The largest absolute Gasteiger partial charge is 0.403 e. The van der Waals surface area contributed by atoms with Gasteiger partial charge in [-0.1, -0.05) is 52.6 Å². The fourth-order valence-electron chi connectivity index (χ4n) is 1.82. The zero-order valence-electron chi connectivity index (χ0n) is 11.4. The SMILES string of the molecule is O=S(=O)(Nc1nnc(-c2ccccc2)o1)c1cccc(Cl)c1Cl. The van der Waals surface area contributed by atoms with Gasteiger partial charge in [0.25, 0.3) is 10.0 Å². The number of benzene rings is 2. The summed E-state index contributed by atoms with van der Waals surface area (Å²) >= 11 is 11.8. The Labute approximate surface area is 142 Å². The summed E-state index contributed by atoms with van der Waals surface area (Å²) in [6, 6.07) is 13.0. The second kappa shape index (κ2) is 6.19. The van der Waals surface area contributed by atoms with E-state index >= 15 is 0 Å². The van der Waals surface area contributed by atoms with Crippen LogP contribution in [0.15, 0.2) is 57.8 Å². The Morgan fingerprint density at radius 2 is 1.70 bits per heavy atom. The predicted octanol–water partition coefficient (Wildman–Crippen LogP) is 3.84. The van der Waals surface area contributed by atoms with E-state index in [9.17, 15) is 8.42 Å². The molecule has 0 atom stereocenters. The van der Waals surface area contributed by atoms with E-state index in [0.29, 0.717) is 5.56 Å². The molecular weight excluding hydrogens is 361 g/mol. The lowest BCUT2D eigenvalue weighted by Gasteiger charge is -2.06. The van der Waals surface area contributed by atoms with E-state index in [2.05, 4.69) is 14.9 Å². The molecule has 0 spiro atoms. The van der Waals surface area contributed by atoms with Crippen LogP contribution >= 0.6 is 23.2 Å². The number of halogens is 2. The maximum atomic E-state index is 12.3. The molecule has 0 bridgehead atoms. The monoisotopic (exact) mass is 369 g/mol. The van der Waals surface area contributed by atoms with E-state index in [0.717, 1.165) is 0 Å². The van der Waals surface area contributed by atoms with Crippen LogP contribution in [0.5, 0.6) is 0 Å². The summed E-state index contributed by atoms with van der Waals surface area (Å²) in [5.41, 5.74) is 0.672. The van der Waals surface area contributed by atoms with Crippen molar-refractivity contribution in [2.75, 3.05) is 4.72 Å². The molecule has 0 fully saturated rings. The summed E-state index contributed by atoms with van der Waals surface area (Å²) in [4.78, 5) is -0.175. The molecule has 0 unspecified atom stereocenters. The number of nitrogens with zero attached hydrogens (tertiary/aromatic N) is 2. The predicted molar refractivity (Wildman–Crippen MR) is 87.0 cm³/mol. The van der Waals surface area contributed by atoms with Gasteiger partial charge in [-0.15, -0.1) is 5.10 Å². The highest BCUT2D eigenvalue weighted by Crippen LogP contribution is 2.30. The van der Waals surface area contributed by atoms with Crippen LogP contribution in [0, 0.1) is 0 Å². The minimum Gasteiger partial charge on any atom is -0.403 e. The van der Waals surface area contributed by atoms with Crippen LogP contribution in [0.25, 0.3) is 11.5 Å². The first-order chi connectivity index (χ1) is 11.0. The maximum Gasteiger partial charge on any atom is 0.330 e. The summed E-state index contributed by atoms with van der Waals surface area (Å²) in [7, 11) is -4.00. The first-order valence-corrected chi connectivity index (χ1v) is 8.57. The standard InChI is InChI=1S/C14H9Cl2N3O3S/c15-10-7-4-8-11(12(10)16)23(20,21)19-14-18-17-13(22-14)9-5-2-1-3-6-9/h1-8H,(H,18,19). The van der Waals surface area contributed by atoms with Crippen LogP contribution in [-0.2, 0) is 10.0 Å². The molecule has 1 aromatic heterocycles. The Kier molecular flexibility index (Phi) is 4.25. The second-order valence-electron chi connectivity index (χ2n) is 4.44. The van der Waals surface area contributed by atoms with Gasteiger partial charge in [-0.05, 0) is 24.3 Å². The molecule has 9 heteroatoms. The summed E-state index contributed by atoms with van der Waals surface area (Å²) in [6.07, 6.45) is 0. The summed E-state index contributed by atoms with van der Waals surface area (Å²) < 4.78 is 32.2. The van der Waals surface area contributed by atoms with Gasteiger partial charge in [-0.25, -0.2) is 13.1 Å². The van der Waals surface area contributed by atoms with Crippen molar-refractivity contribution in [2.24, 2.45) is 0 Å². The summed E-state index contributed by atoms with van der Waals surface area (Å²) in [5.74, 6) is 0.195. The van der Waals surface area contributed by atoms with Gasteiger partial charge in [0.2, 0.25) is 5.89 Å². The quantitative estimate of drug-likeness (QED) is 0.754. The van der Waals surface area contributed by atoms with Crippen molar-refractivity contribution in [3.05, 3.63) is 58.6 Å². The van der Waals surface area contributed by atoms with Crippen LogP contribution in [0.1, 0.15) is 0 Å². The van der Waals surface area contributed by atoms with Gasteiger partial charge >= 0.3 is 6.01 Å². The molecule has 0 radical (unpaired) electrons. The molecule has 0 saturated carbocycles. The second-order valence-corrected chi connectivity index (χ2v) is 6.87. The van der Waals surface area contributed by atoms with Gasteiger partial charge in [0.15, 0.2) is 0 Å². The number of nitrogens with one attached hydrogen (secondary N) is 1. The first kappa shape index (κ1) is 15.8. The van der Waals surface area contributed by atoms with E-state index in [1.807, 2.05) is 6.07 Å². The smallest absolute Gasteiger partial charge is 0.330 e. The normalized spacial score (nSPS) is 11.4. The van der Waals surface area contributed by atoms with Gasteiger partial charge in [0, 0.05) is 5.56 Å². The number of anilines is 1. The molecular formula is C14H9Cl2N3O3S. The van der Waals surface area contributed by atoms with Gasteiger partial charge in [0.1, 0.15) is 4.90 Å². The Hall–Kier alpha value is -2.09. The molecule has 0 aliphatic heterocycles. The van der Waals surface area contributed by atoms with Gasteiger partial charge in [-0.3, -0.25) is 0 Å². The molecule has 3 aromatic rings. The Bertz CT molecular complexity index is 943. The topological polar surface area (TPSA) is 85.1 Å². The summed E-state index contributed by atoms with van der Waals surface area (Å²) in [6.45, 7) is 0. The number of hydrogen-bond acceptors (Lipinski definition) is 5. The molecule has 1 N–H and O–H groups in total. The highest BCUT2D eigenvalue weighted by Gasteiger charge is 2.22. The molecule has 0 saturated heterocycles. The number of rotatable bonds is 4. The lowest BCUT2D eigenvalue weighted by Crippen LogP contribution is -2.13. The molecule has 6 nitrogen and oxygen atoms in total. The molecule has 3 rings (SSSR count). The number of hydrogen-bond donors (Lipinski definition) is 1. The van der Waals surface area contributed by atoms with Crippen molar-refractivity contribution in [1.29, 1.82) is 0 Å². The number of sulfonamides is 1. The maximum absolute atomic E-state index is 12.3. The number of aromatic nitrogens is 2. The fourth-order valence-corrected chi connectivity index (χ4v) is 3.51. The molecule has 0 amide bonds. The van der Waals surface area contributed by atoms with E-state index in [4.69, 9.17) is 27.6 Å². The van der Waals surface area contributed by atoms with E-state index in [1.54, 1.807) is 24.3 Å². The van der Waals surface area contributed by atoms with Gasteiger partial charge < -0.3 is 4.42 Å². The lowest BCUT2D eigenvalue weighted by atomic mass is 10.2. The van der Waals surface area contributed by atoms with E-state index in [-0.39, 0.29) is 26.8 Å². The first-order valence-electron chi connectivity index (χ1n) is 6.33.